The summed E-state index contributed by atoms with van der Waals surface area (Å²) in [7, 11) is 3.30. The van der Waals surface area contributed by atoms with E-state index in [9.17, 15) is 14.9 Å². The van der Waals surface area contributed by atoms with E-state index in [4.69, 9.17) is 0 Å². The second-order valence-electron chi connectivity index (χ2n) is 4.04. The number of nitrogens with zero attached hydrogens (tertiary/aromatic N) is 4. The number of hydrogen-bond donors (Lipinski definition) is 1. The van der Waals surface area contributed by atoms with Gasteiger partial charge in [-0.05, 0) is 6.42 Å². The van der Waals surface area contributed by atoms with Crippen LogP contribution in [0.3, 0.4) is 0 Å². The Labute approximate surface area is 97.3 Å². The fraction of sp³-hybridized carbons (Fsp3) is 0.556. The van der Waals surface area contributed by atoms with Gasteiger partial charge in [-0.2, -0.15) is 0 Å². The van der Waals surface area contributed by atoms with Crippen molar-refractivity contribution in [2.24, 2.45) is 7.05 Å². The standard InChI is InChI=1S/C9H13N5O3/c1-12-4-3-6(9(12)15)10-8-7(14(16)17)5-13(2)11-8/h5-6H,3-4H2,1-2H3,(H,10,11). The molecule has 1 fully saturated rings. The number of aryl methyl sites for hydroxylation is 1. The van der Waals surface area contributed by atoms with Crippen LogP contribution in [0.25, 0.3) is 0 Å². The van der Waals surface area contributed by atoms with Gasteiger partial charge >= 0.3 is 5.69 Å². The highest BCUT2D eigenvalue weighted by Crippen LogP contribution is 2.24. The molecular formula is C9H13N5O3. The Morgan fingerprint density at radius 2 is 2.29 bits per heavy atom. The summed E-state index contributed by atoms with van der Waals surface area (Å²) in [6.45, 7) is 0.650. The van der Waals surface area contributed by atoms with Crippen LogP contribution in [0.15, 0.2) is 6.20 Å². The first-order valence-corrected chi connectivity index (χ1v) is 5.18. The number of likely N-dealkylation sites (N-methyl/N-ethyl adjacent to an activating group) is 1. The molecule has 17 heavy (non-hydrogen) atoms. The van der Waals surface area contributed by atoms with Crippen molar-refractivity contribution >= 4 is 17.4 Å². The number of nitro groups is 1. The van der Waals surface area contributed by atoms with E-state index in [1.54, 1.807) is 19.0 Å². The Balaban J connectivity index is 2.19. The van der Waals surface area contributed by atoms with Crippen LogP contribution in [-0.4, -0.2) is 45.1 Å². The van der Waals surface area contributed by atoms with Crippen molar-refractivity contribution in [3.8, 4) is 0 Å². The molecule has 1 aliphatic heterocycles. The van der Waals surface area contributed by atoms with Crippen LogP contribution < -0.4 is 5.32 Å². The second kappa shape index (κ2) is 4.04. The van der Waals surface area contributed by atoms with E-state index in [1.807, 2.05) is 0 Å². The molecule has 1 unspecified atom stereocenters. The highest BCUT2D eigenvalue weighted by Gasteiger charge is 2.31. The van der Waals surface area contributed by atoms with Crippen molar-refractivity contribution in [3.05, 3.63) is 16.3 Å². The van der Waals surface area contributed by atoms with Gasteiger partial charge in [0.15, 0.2) is 0 Å². The molecule has 1 N–H and O–H groups in total. The molecule has 1 saturated heterocycles. The molecule has 0 saturated carbocycles. The first-order valence-electron chi connectivity index (χ1n) is 5.18. The summed E-state index contributed by atoms with van der Waals surface area (Å²) in [6, 6.07) is -0.423. The zero-order valence-corrected chi connectivity index (χ0v) is 9.58. The SMILES string of the molecule is CN1CCC(Nc2nn(C)cc2[N+](=O)[O-])C1=O. The van der Waals surface area contributed by atoms with Crippen LogP contribution in [0.2, 0.25) is 0 Å². The summed E-state index contributed by atoms with van der Waals surface area (Å²) < 4.78 is 1.35. The summed E-state index contributed by atoms with van der Waals surface area (Å²) in [6.07, 6.45) is 1.94. The Hall–Kier alpha value is -2.12. The molecule has 1 atom stereocenters. The minimum Gasteiger partial charge on any atom is -0.351 e. The van der Waals surface area contributed by atoms with Gasteiger partial charge in [0, 0.05) is 20.6 Å². The molecule has 0 spiro atoms. The summed E-state index contributed by atoms with van der Waals surface area (Å²) in [5.74, 6) is 0.0797. The van der Waals surface area contributed by atoms with Gasteiger partial charge in [0.1, 0.15) is 12.2 Å². The highest BCUT2D eigenvalue weighted by atomic mass is 16.6. The van der Waals surface area contributed by atoms with Crippen LogP contribution in [0, 0.1) is 10.1 Å². The number of carbonyl (C=O) groups excluding carboxylic acids is 1. The van der Waals surface area contributed by atoms with Crippen LogP contribution in [0.5, 0.6) is 0 Å². The van der Waals surface area contributed by atoms with E-state index < -0.39 is 11.0 Å². The zero-order chi connectivity index (χ0) is 12.6. The molecule has 2 heterocycles. The van der Waals surface area contributed by atoms with Gasteiger partial charge in [-0.25, -0.2) is 0 Å². The van der Waals surface area contributed by atoms with Gasteiger partial charge in [0.2, 0.25) is 11.7 Å². The van der Waals surface area contributed by atoms with Crippen LogP contribution in [-0.2, 0) is 11.8 Å². The molecule has 1 amide bonds. The highest BCUT2D eigenvalue weighted by molar-refractivity contribution is 5.86. The first kappa shape index (κ1) is 11.4. The van der Waals surface area contributed by atoms with E-state index in [0.29, 0.717) is 13.0 Å². The maximum Gasteiger partial charge on any atom is 0.330 e. The average molecular weight is 239 g/mol. The number of rotatable bonds is 3. The topological polar surface area (TPSA) is 93.3 Å². The lowest BCUT2D eigenvalue weighted by Gasteiger charge is -2.10. The third-order valence-corrected chi connectivity index (χ3v) is 2.74. The normalized spacial score (nSPS) is 19.8. The molecule has 2 rings (SSSR count). The third-order valence-electron chi connectivity index (χ3n) is 2.74. The third kappa shape index (κ3) is 2.05. The molecule has 8 nitrogen and oxygen atoms in total. The molecule has 0 aromatic carbocycles. The molecule has 1 aliphatic rings. The Morgan fingerprint density at radius 1 is 1.59 bits per heavy atom. The molecule has 0 bridgehead atoms. The van der Waals surface area contributed by atoms with Gasteiger partial charge in [-0.1, -0.05) is 0 Å². The van der Waals surface area contributed by atoms with E-state index >= 15 is 0 Å². The summed E-state index contributed by atoms with van der Waals surface area (Å²) in [4.78, 5) is 23.5. The predicted octanol–water partition coefficient (Wildman–Crippen LogP) is -0.0291. The second-order valence-corrected chi connectivity index (χ2v) is 4.04. The number of aromatic nitrogens is 2. The lowest BCUT2D eigenvalue weighted by molar-refractivity contribution is -0.384. The largest absolute Gasteiger partial charge is 0.351 e. The predicted molar refractivity (Wildman–Crippen MR) is 59.5 cm³/mol. The average Bonchev–Trinajstić information content (AvgIpc) is 2.76. The van der Waals surface area contributed by atoms with Crippen LogP contribution in [0.4, 0.5) is 11.5 Å². The minimum atomic E-state index is -0.515. The van der Waals surface area contributed by atoms with E-state index in [1.165, 1.54) is 10.9 Å². The van der Waals surface area contributed by atoms with Gasteiger partial charge in [-0.15, -0.1) is 5.10 Å². The number of hydrogen-bond acceptors (Lipinski definition) is 5. The fourth-order valence-electron chi connectivity index (χ4n) is 1.83. The lowest BCUT2D eigenvalue weighted by Crippen LogP contribution is -2.31. The van der Waals surface area contributed by atoms with Gasteiger partial charge in [0.25, 0.3) is 0 Å². The summed E-state index contributed by atoms with van der Waals surface area (Å²) in [5, 5.41) is 17.5. The van der Waals surface area contributed by atoms with E-state index in [2.05, 4.69) is 10.4 Å². The van der Waals surface area contributed by atoms with Crippen molar-refractivity contribution < 1.29 is 9.72 Å². The minimum absolute atomic E-state index is 0.0649. The Bertz CT molecular complexity index is 469. The molecule has 1 aromatic rings. The van der Waals surface area contributed by atoms with Gasteiger partial charge in [-0.3, -0.25) is 19.6 Å². The van der Waals surface area contributed by atoms with Crippen molar-refractivity contribution in [2.75, 3.05) is 18.9 Å². The maximum atomic E-state index is 11.7. The molecule has 1 aromatic heterocycles. The van der Waals surface area contributed by atoms with Gasteiger partial charge < -0.3 is 10.2 Å². The van der Waals surface area contributed by atoms with Gasteiger partial charge in [0.05, 0.1) is 4.92 Å². The number of nitrogens with one attached hydrogen (secondary N) is 1. The quantitative estimate of drug-likeness (QED) is 0.590. The molecule has 0 aliphatic carbocycles. The summed E-state index contributed by atoms with van der Waals surface area (Å²) >= 11 is 0. The monoisotopic (exact) mass is 239 g/mol. The first-order chi connectivity index (χ1) is 7.99. The van der Waals surface area contributed by atoms with Crippen LogP contribution >= 0.6 is 0 Å². The van der Waals surface area contributed by atoms with Crippen molar-refractivity contribution in [1.82, 2.24) is 14.7 Å². The lowest BCUT2D eigenvalue weighted by atomic mass is 10.2. The zero-order valence-electron chi connectivity index (χ0n) is 9.58. The molecule has 0 radical (unpaired) electrons. The number of anilines is 1. The van der Waals surface area contributed by atoms with E-state index in [0.717, 1.165) is 0 Å². The summed E-state index contributed by atoms with van der Waals surface area (Å²) in [5.41, 5.74) is -0.116. The number of likely N-dealkylation sites (tertiary alicyclic amines) is 1. The molecule has 92 valence electrons. The molecule has 8 heteroatoms. The number of carbonyl (C=O) groups is 1. The maximum absolute atomic E-state index is 11.7. The van der Waals surface area contributed by atoms with Crippen molar-refractivity contribution in [3.63, 3.8) is 0 Å². The number of amides is 1. The Morgan fingerprint density at radius 3 is 2.82 bits per heavy atom. The van der Waals surface area contributed by atoms with E-state index in [-0.39, 0.29) is 17.4 Å². The fourth-order valence-corrected chi connectivity index (χ4v) is 1.83. The smallest absolute Gasteiger partial charge is 0.330 e. The van der Waals surface area contributed by atoms with Crippen molar-refractivity contribution in [1.29, 1.82) is 0 Å². The van der Waals surface area contributed by atoms with Crippen molar-refractivity contribution in [2.45, 2.75) is 12.5 Å². The van der Waals surface area contributed by atoms with Crippen LogP contribution in [0.1, 0.15) is 6.42 Å². The Kier molecular flexibility index (Phi) is 2.70. The molecular weight excluding hydrogens is 226 g/mol.